The molecule has 0 atom stereocenters. The average Bonchev–Trinajstić information content (AvgIpc) is 3.36. The number of carbonyl (C=O) groups is 2. The number of carbonyl (C=O) groups excluding carboxylic acids is 2. The monoisotopic (exact) mass is 434 g/mol. The van der Waals surface area contributed by atoms with Gasteiger partial charge in [0, 0.05) is 37.2 Å². The Labute approximate surface area is 181 Å². The molecular weight excluding hydrogens is 404 g/mol. The zero-order chi connectivity index (χ0) is 21.3. The lowest BCUT2D eigenvalue weighted by Crippen LogP contribution is -2.28. The van der Waals surface area contributed by atoms with Gasteiger partial charge in [0.05, 0.1) is 17.3 Å². The van der Waals surface area contributed by atoms with Gasteiger partial charge in [-0.05, 0) is 45.4 Å². The smallest absolute Gasteiger partial charge is 0.357 e. The largest absolute Gasteiger partial charge is 0.461 e. The van der Waals surface area contributed by atoms with E-state index >= 15 is 0 Å². The minimum absolute atomic E-state index is 0.0748. The van der Waals surface area contributed by atoms with Crippen LogP contribution in [-0.4, -0.2) is 53.0 Å². The highest BCUT2D eigenvalue weighted by Crippen LogP contribution is 2.20. The van der Waals surface area contributed by atoms with E-state index < -0.39 is 0 Å². The van der Waals surface area contributed by atoms with Gasteiger partial charge in [-0.15, -0.1) is 11.3 Å². The predicted molar refractivity (Wildman–Crippen MR) is 114 cm³/mol. The second-order valence-electron chi connectivity index (χ2n) is 7.13. The SMILES string of the molecule is CCc1nc(C(=O)OCCCc2nn(CC)c3c2CCCOCCCNC3=O)cs1. The van der Waals surface area contributed by atoms with Crippen molar-refractivity contribution in [2.45, 2.75) is 58.9 Å². The third-order valence-electron chi connectivity index (χ3n) is 4.97. The number of thiazole rings is 1. The molecule has 3 rings (SSSR count). The maximum absolute atomic E-state index is 12.7. The molecule has 1 aliphatic heterocycles. The van der Waals surface area contributed by atoms with Crippen LogP contribution in [0.3, 0.4) is 0 Å². The summed E-state index contributed by atoms with van der Waals surface area (Å²) in [5.74, 6) is -0.463. The maximum Gasteiger partial charge on any atom is 0.357 e. The van der Waals surface area contributed by atoms with Crippen LogP contribution in [0.25, 0.3) is 0 Å². The van der Waals surface area contributed by atoms with E-state index in [4.69, 9.17) is 9.47 Å². The number of aromatic nitrogens is 3. The normalized spacial score (nSPS) is 15.2. The van der Waals surface area contributed by atoms with Crippen molar-refractivity contribution in [1.82, 2.24) is 20.1 Å². The molecule has 0 spiro atoms. The third-order valence-corrected chi connectivity index (χ3v) is 5.96. The van der Waals surface area contributed by atoms with Crippen LogP contribution in [0.2, 0.25) is 0 Å². The van der Waals surface area contributed by atoms with Crippen molar-refractivity contribution in [2.24, 2.45) is 0 Å². The van der Waals surface area contributed by atoms with Gasteiger partial charge in [0.2, 0.25) is 0 Å². The van der Waals surface area contributed by atoms with Crippen molar-refractivity contribution in [2.75, 3.05) is 26.4 Å². The number of amides is 1. The lowest BCUT2D eigenvalue weighted by Gasteiger charge is -2.08. The number of hydrogen-bond donors (Lipinski definition) is 1. The standard InChI is InChI=1S/C21H30N4O4S/c1-3-18-23-17(14-30-18)21(27)29-13-6-9-16-15-8-5-11-28-12-7-10-22-20(26)19(15)25(4-2)24-16/h14H,3-13H2,1-2H3,(H,22,26). The van der Waals surface area contributed by atoms with E-state index in [-0.39, 0.29) is 11.9 Å². The van der Waals surface area contributed by atoms with Crippen LogP contribution in [0.5, 0.6) is 0 Å². The lowest BCUT2D eigenvalue weighted by atomic mass is 10.0. The molecule has 0 fully saturated rings. The first kappa shape index (κ1) is 22.4. The van der Waals surface area contributed by atoms with E-state index in [1.807, 2.05) is 13.8 Å². The molecular formula is C21H30N4O4S. The molecule has 2 aromatic rings. The average molecular weight is 435 g/mol. The maximum atomic E-state index is 12.7. The molecule has 164 valence electrons. The van der Waals surface area contributed by atoms with E-state index in [0.717, 1.165) is 41.9 Å². The molecule has 0 saturated carbocycles. The number of rotatable bonds is 7. The topological polar surface area (TPSA) is 95.3 Å². The molecule has 8 nitrogen and oxygen atoms in total. The first-order valence-electron chi connectivity index (χ1n) is 10.7. The lowest BCUT2D eigenvalue weighted by molar-refractivity contribution is 0.0494. The van der Waals surface area contributed by atoms with Gasteiger partial charge in [0.15, 0.2) is 5.69 Å². The molecule has 1 N–H and O–H groups in total. The van der Waals surface area contributed by atoms with E-state index in [1.54, 1.807) is 10.1 Å². The number of ether oxygens (including phenoxy) is 2. The highest BCUT2D eigenvalue weighted by Gasteiger charge is 2.23. The van der Waals surface area contributed by atoms with E-state index in [9.17, 15) is 9.59 Å². The Kier molecular flexibility index (Phi) is 8.39. The van der Waals surface area contributed by atoms with Crippen LogP contribution in [0.15, 0.2) is 5.38 Å². The summed E-state index contributed by atoms with van der Waals surface area (Å²) < 4.78 is 12.8. The molecule has 1 aliphatic rings. The Hall–Kier alpha value is -2.26. The molecule has 0 unspecified atom stereocenters. The summed E-state index contributed by atoms with van der Waals surface area (Å²) in [5.41, 5.74) is 2.91. The zero-order valence-corrected chi connectivity index (χ0v) is 18.6. The summed E-state index contributed by atoms with van der Waals surface area (Å²) in [4.78, 5) is 29.1. The molecule has 0 saturated heterocycles. The minimum atomic E-state index is -0.388. The highest BCUT2D eigenvalue weighted by atomic mass is 32.1. The first-order valence-corrected chi connectivity index (χ1v) is 11.6. The Morgan fingerprint density at radius 2 is 2.17 bits per heavy atom. The number of fused-ring (bicyclic) bond motifs is 1. The quantitative estimate of drug-likeness (QED) is 0.532. The van der Waals surface area contributed by atoms with E-state index in [2.05, 4.69) is 15.4 Å². The van der Waals surface area contributed by atoms with Crippen molar-refractivity contribution in [3.63, 3.8) is 0 Å². The summed E-state index contributed by atoms with van der Waals surface area (Å²) in [6.07, 6.45) is 4.49. The van der Waals surface area contributed by atoms with Crippen molar-refractivity contribution in [1.29, 1.82) is 0 Å². The van der Waals surface area contributed by atoms with Crippen LogP contribution in [0.1, 0.15) is 70.4 Å². The number of nitrogens with one attached hydrogen (secondary N) is 1. The van der Waals surface area contributed by atoms with Crippen LogP contribution >= 0.6 is 11.3 Å². The van der Waals surface area contributed by atoms with Crippen molar-refractivity contribution in [3.05, 3.63) is 33.0 Å². The fourth-order valence-electron chi connectivity index (χ4n) is 3.45. The van der Waals surface area contributed by atoms with E-state index in [0.29, 0.717) is 57.1 Å². The predicted octanol–water partition coefficient (Wildman–Crippen LogP) is 2.79. The zero-order valence-electron chi connectivity index (χ0n) is 17.7. The number of aryl methyl sites for hydroxylation is 3. The van der Waals surface area contributed by atoms with E-state index in [1.165, 1.54) is 11.3 Å². The number of hydrogen-bond acceptors (Lipinski definition) is 7. The van der Waals surface area contributed by atoms with Gasteiger partial charge in [0.1, 0.15) is 5.69 Å². The Balaban J connectivity index is 1.63. The van der Waals surface area contributed by atoms with Gasteiger partial charge in [-0.25, -0.2) is 9.78 Å². The summed E-state index contributed by atoms with van der Waals surface area (Å²) in [6, 6.07) is 0. The Morgan fingerprint density at radius 3 is 2.93 bits per heavy atom. The summed E-state index contributed by atoms with van der Waals surface area (Å²) in [5, 5.41) is 10.3. The van der Waals surface area contributed by atoms with Crippen LogP contribution in [0.4, 0.5) is 0 Å². The summed E-state index contributed by atoms with van der Waals surface area (Å²) in [6.45, 7) is 6.84. The summed E-state index contributed by atoms with van der Waals surface area (Å²) in [7, 11) is 0. The number of esters is 1. The molecule has 3 heterocycles. The van der Waals surface area contributed by atoms with Gasteiger partial charge >= 0.3 is 5.97 Å². The molecule has 0 bridgehead atoms. The van der Waals surface area contributed by atoms with Gasteiger partial charge in [0.25, 0.3) is 5.91 Å². The van der Waals surface area contributed by atoms with Gasteiger partial charge in [-0.2, -0.15) is 5.10 Å². The number of nitrogens with zero attached hydrogens (tertiary/aromatic N) is 3. The minimum Gasteiger partial charge on any atom is -0.461 e. The molecule has 1 amide bonds. The van der Waals surface area contributed by atoms with Gasteiger partial charge in [-0.3, -0.25) is 9.48 Å². The molecule has 2 aromatic heterocycles. The first-order chi connectivity index (χ1) is 14.6. The van der Waals surface area contributed by atoms with Crippen LogP contribution < -0.4 is 5.32 Å². The Morgan fingerprint density at radius 1 is 1.33 bits per heavy atom. The van der Waals surface area contributed by atoms with Crippen molar-refractivity contribution < 1.29 is 19.1 Å². The summed E-state index contributed by atoms with van der Waals surface area (Å²) >= 11 is 1.47. The second kappa shape index (κ2) is 11.2. The fourth-order valence-corrected chi connectivity index (χ4v) is 4.17. The molecule has 0 aromatic carbocycles. The van der Waals surface area contributed by atoms with Gasteiger partial charge in [-0.1, -0.05) is 6.92 Å². The van der Waals surface area contributed by atoms with Gasteiger partial charge < -0.3 is 14.8 Å². The Bertz CT molecular complexity index is 861. The molecule has 0 radical (unpaired) electrons. The van der Waals surface area contributed by atoms with Crippen molar-refractivity contribution >= 4 is 23.2 Å². The fraction of sp³-hybridized carbons (Fsp3) is 0.619. The van der Waals surface area contributed by atoms with Crippen LogP contribution in [0, 0.1) is 0 Å². The van der Waals surface area contributed by atoms with Crippen molar-refractivity contribution in [3.8, 4) is 0 Å². The third kappa shape index (κ3) is 5.66. The van der Waals surface area contributed by atoms with Crippen LogP contribution in [-0.2, 0) is 35.3 Å². The molecule has 9 heteroatoms. The molecule has 0 aliphatic carbocycles. The molecule has 30 heavy (non-hydrogen) atoms. The second-order valence-corrected chi connectivity index (χ2v) is 8.08. The highest BCUT2D eigenvalue weighted by molar-refractivity contribution is 7.09.